The van der Waals surface area contributed by atoms with Gasteiger partial charge in [-0.15, -0.1) is 0 Å². The van der Waals surface area contributed by atoms with E-state index < -0.39 is 5.97 Å². The number of carbonyl (C=O) groups is 1. The van der Waals surface area contributed by atoms with Crippen LogP contribution in [0.25, 0.3) is 16.6 Å². The Kier molecular flexibility index (Phi) is 4.59. The summed E-state index contributed by atoms with van der Waals surface area (Å²) < 4.78 is 6.81. The molecule has 0 aliphatic heterocycles. The monoisotopic (exact) mass is 421 g/mol. The molecule has 1 unspecified atom stereocenters. The number of halogens is 1. The number of rotatable bonds is 3. The fraction of sp³-hybridized carbons (Fsp3) is 0.261. The lowest BCUT2D eigenvalue weighted by Crippen LogP contribution is -2.16. The minimum Gasteiger partial charge on any atom is -0.456 e. The molecular weight excluding hydrogens is 402 g/mol. The second-order valence-electron chi connectivity index (χ2n) is 7.93. The van der Waals surface area contributed by atoms with E-state index in [0.29, 0.717) is 27.8 Å². The smallest absolute Gasteiger partial charge is 0.338 e. The Balaban J connectivity index is 1.38. The third-order valence-corrected chi connectivity index (χ3v) is 5.92. The molecule has 3 aromatic heterocycles. The first-order valence-corrected chi connectivity index (χ1v) is 10.3. The van der Waals surface area contributed by atoms with Gasteiger partial charge in [0.05, 0.1) is 16.3 Å². The van der Waals surface area contributed by atoms with Crippen molar-refractivity contribution in [2.45, 2.75) is 32.8 Å². The van der Waals surface area contributed by atoms with Crippen LogP contribution in [0.3, 0.4) is 0 Å². The summed E-state index contributed by atoms with van der Waals surface area (Å²) >= 11 is 5.93. The van der Waals surface area contributed by atoms with Gasteiger partial charge in [0.1, 0.15) is 12.3 Å². The Morgan fingerprint density at radius 3 is 3.03 bits per heavy atom. The summed E-state index contributed by atoms with van der Waals surface area (Å²) in [5.41, 5.74) is 4.69. The molecule has 30 heavy (non-hydrogen) atoms. The molecule has 0 saturated heterocycles. The lowest BCUT2D eigenvalue weighted by molar-refractivity contribution is 0.0468. The quantitative estimate of drug-likeness (QED) is 0.500. The number of aryl methyl sites for hydroxylation is 1. The van der Waals surface area contributed by atoms with Crippen molar-refractivity contribution in [2.24, 2.45) is 5.92 Å². The highest BCUT2D eigenvalue weighted by Crippen LogP contribution is 2.32. The van der Waals surface area contributed by atoms with Crippen LogP contribution in [0, 0.1) is 5.92 Å². The van der Waals surface area contributed by atoms with Crippen molar-refractivity contribution in [1.82, 2.24) is 14.4 Å². The van der Waals surface area contributed by atoms with Crippen LogP contribution in [0.1, 0.15) is 40.7 Å². The Bertz CT molecular complexity index is 1360. The van der Waals surface area contributed by atoms with Crippen LogP contribution in [0.15, 0.2) is 47.4 Å². The first kappa shape index (κ1) is 18.9. The van der Waals surface area contributed by atoms with E-state index in [4.69, 9.17) is 16.3 Å². The summed E-state index contributed by atoms with van der Waals surface area (Å²) in [6.45, 7) is 2.18. The molecule has 1 aliphatic carbocycles. The number of nitrogens with zero attached hydrogens (tertiary/aromatic N) is 2. The Hall–Kier alpha value is -3.12. The molecule has 0 amide bonds. The zero-order valence-corrected chi connectivity index (χ0v) is 17.2. The minimum atomic E-state index is -0.436. The molecule has 1 aromatic carbocycles. The highest BCUT2D eigenvalue weighted by Gasteiger charge is 2.21. The van der Waals surface area contributed by atoms with E-state index in [1.54, 1.807) is 18.2 Å². The number of hydrogen-bond acceptors (Lipinski definition) is 4. The SMILES string of the molecule is CC1CCc2[nH]c3ccc(C(=O)OCc4cc(=O)n5cc(Cl)ccc5n4)cc3c2C1. The molecule has 1 N–H and O–H groups in total. The van der Waals surface area contributed by atoms with Crippen molar-refractivity contribution in [1.29, 1.82) is 0 Å². The number of aromatic nitrogens is 3. The maximum absolute atomic E-state index is 12.6. The van der Waals surface area contributed by atoms with Gasteiger partial charge in [-0.1, -0.05) is 18.5 Å². The second kappa shape index (κ2) is 7.29. The Morgan fingerprint density at radius 1 is 1.30 bits per heavy atom. The normalized spacial score (nSPS) is 16.0. The predicted octanol–water partition coefficient (Wildman–Crippen LogP) is 4.31. The maximum atomic E-state index is 12.6. The Morgan fingerprint density at radius 2 is 2.17 bits per heavy atom. The van der Waals surface area contributed by atoms with Crippen LogP contribution in [-0.4, -0.2) is 20.3 Å². The molecule has 6 nitrogen and oxygen atoms in total. The van der Waals surface area contributed by atoms with Gasteiger partial charge < -0.3 is 9.72 Å². The molecule has 1 aliphatic rings. The van der Waals surface area contributed by atoms with E-state index in [2.05, 4.69) is 16.9 Å². The summed E-state index contributed by atoms with van der Waals surface area (Å²) in [5, 5.41) is 1.53. The molecule has 152 valence electrons. The average Bonchev–Trinajstić information content (AvgIpc) is 3.09. The van der Waals surface area contributed by atoms with Crippen LogP contribution >= 0.6 is 11.6 Å². The highest BCUT2D eigenvalue weighted by molar-refractivity contribution is 6.30. The second-order valence-corrected chi connectivity index (χ2v) is 8.36. The van der Waals surface area contributed by atoms with Crippen molar-refractivity contribution in [3.63, 3.8) is 0 Å². The molecule has 0 saturated carbocycles. The third-order valence-electron chi connectivity index (χ3n) is 5.70. The van der Waals surface area contributed by atoms with Crippen molar-refractivity contribution in [3.05, 3.63) is 80.5 Å². The number of carbonyl (C=O) groups excluding carboxylic acids is 1. The Labute approximate surface area is 177 Å². The van der Waals surface area contributed by atoms with Crippen molar-refractivity contribution in [2.75, 3.05) is 0 Å². The van der Waals surface area contributed by atoms with Gasteiger partial charge in [0, 0.05) is 28.9 Å². The average molecular weight is 422 g/mol. The summed E-state index contributed by atoms with van der Waals surface area (Å²) in [5.74, 6) is 0.203. The van der Waals surface area contributed by atoms with E-state index >= 15 is 0 Å². The number of fused-ring (bicyclic) bond motifs is 4. The zero-order valence-electron chi connectivity index (χ0n) is 16.4. The molecular formula is C23H20ClN3O3. The molecule has 1 atom stereocenters. The van der Waals surface area contributed by atoms with E-state index in [-0.39, 0.29) is 12.2 Å². The lowest BCUT2D eigenvalue weighted by atomic mass is 9.87. The number of esters is 1. The van der Waals surface area contributed by atoms with Gasteiger partial charge in [-0.2, -0.15) is 0 Å². The number of H-pyrrole nitrogens is 1. The number of nitrogens with one attached hydrogen (secondary N) is 1. The van der Waals surface area contributed by atoms with E-state index in [9.17, 15) is 9.59 Å². The highest BCUT2D eigenvalue weighted by atomic mass is 35.5. The molecule has 4 aromatic rings. The van der Waals surface area contributed by atoms with Crippen molar-refractivity contribution in [3.8, 4) is 0 Å². The molecule has 7 heteroatoms. The van der Waals surface area contributed by atoms with Crippen molar-refractivity contribution < 1.29 is 9.53 Å². The molecule has 0 spiro atoms. The van der Waals surface area contributed by atoms with Gasteiger partial charge in [-0.25, -0.2) is 9.78 Å². The largest absolute Gasteiger partial charge is 0.456 e. The number of pyridine rings is 1. The summed E-state index contributed by atoms with van der Waals surface area (Å²) in [7, 11) is 0. The van der Waals surface area contributed by atoms with Gasteiger partial charge >= 0.3 is 5.97 Å². The van der Waals surface area contributed by atoms with Crippen LogP contribution in [0.2, 0.25) is 5.02 Å². The fourth-order valence-electron chi connectivity index (χ4n) is 4.14. The number of benzene rings is 1. The predicted molar refractivity (Wildman–Crippen MR) is 115 cm³/mol. The summed E-state index contributed by atoms with van der Waals surface area (Å²) in [6.07, 6.45) is 4.75. The van der Waals surface area contributed by atoms with Crippen molar-refractivity contribution >= 4 is 34.1 Å². The topological polar surface area (TPSA) is 76.5 Å². The van der Waals surface area contributed by atoms with Crippen LogP contribution in [0.5, 0.6) is 0 Å². The van der Waals surface area contributed by atoms with Crippen LogP contribution < -0.4 is 5.56 Å². The maximum Gasteiger partial charge on any atom is 0.338 e. The van der Waals surface area contributed by atoms with E-state index in [1.807, 2.05) is 12.1 Å². The number of ether oxygens (including phenoxy) is 1. The van der Waals surface area contributed by atoms with Crippen LogP contribution in [0.4, 0.5) is 0 Å². The minimum absolute atomic E-state index is 0.0759. The molecule has 5 rings (SSSR count). The first-order valence-electron chi connectivity index (χ1n) is 9.96. The number of hydrogen-bond donors (Lipinski definition) is 1. The third kappa shape index (κ3) is 3.37. The van der Waals surface area contributed by atoms with Gasteiger partial charge in [0.25, 0.3) is 5.56 Å². The molecule has 3 heterocycles. The van der Waals surface area contributed by atoms with Gasteiger partial charge in [-0.3, -0.25) is 9.20 Å². The fourth-order valence-corrected chi connectivity index (χ4v) is 4.30. The first-order chi connectivity index (χ1) is 14.5. The van der Waals surface area contributed by atoms with Gasteiger partial charge in [0.15, 0.2) is 0 Å². The summed E-state index contributed by atoms with van der Waals surface area (Å²) in [4.78, 5) is 32.8. The van der Waals surface area contributed by atoms with Gasteiger partial charge in [-0.05, 0) is 61.1 Å². The molecule has 0 radical (unpaired) electrons. The van der Waals surface area contributed by atoms with E-state index in [1.165, 1.54) is 34.3 Å². The van der Waals surface area contributed by atoms with E-state index in [0.717, 1.165) is 23.7 Å². The van der Waals surface area contributed by atoms with Crippen LogP contribution in [-0.2, 0) is 24.2 Å². The molecule has 0 bridgehead atoms. The summed E-state index contributed by atoms with van der Waals surface area (Å²) in [6, 6.07) is 10.3. The zero-order chi connectivity index (χ0) is 20.8. The van der Waals surface area contributed by atoms with Gasteiger partial charge in [0.2, 0.25) is 0 Å². The number of aromatic amines is 1. The molecule has 0 fully saturated rings. The lowest BCUT2D eigenvalue weighted by Gasteiger charge is -2.18. The standard InChI is InChI=1S/C23H20ClN3O3/c1-13-2-5-19-17(8-13)18-9-14(3-6-20(18)26-19)23(29)30-12-16-10-22(28)27-11-15(24)4-7-21(27)25-16/h3-4,6-7,9-11,13,26H,2,5,8,12H2,1H3.